The van der Waals surface area contributed by atoms with E-state index in [1.807, 2.05) is 0 Å². The van der Waals surface area contributed by atoms with Gasteiger partial charge in [0, 0.05) is 19.6 Å². The molecule has 7 nitrogen and oxygen atoms in total. The van der Waals surface area contributed by atoms with Gasteiger partial charge in [0.15, 0.2) is 0 Å². The van der Waals surface area contributed by atoms with Gasteiger partial charge in [-0.1, -0.05) is 13.8 Å². The maximum Gasteiger partial charge on any atom is 0.326 e. The highest BCUT2D eigenvalue weighted by Gasteiger charge is 2.34. The minimum absolute atomic E-state index is 0.300. The average Bonchev–Trinajstić information content (AvgIpc) is 2.39. The van der Waals surface area contributed by atoms with Gasteiger partial charge in [0.2, 0.25) is 15.9 Å². The van der Waals surface area contributed by atoms with Crippen molar-refractivity contribution in [2.75, 3.05) is 25.4 Å². The average molecular weight is 306 g/mol. The van der Waals surface area contributed by atoms with Crippen molar-refractivity contribution < 1.29 is 23.1 Å². The number of nitrogens with zero attached hydrogens (tertiary/aromatic N) is 2. The molecule has 0 aromatic carbocycles. The van der Waals surface area contributed by atoms with Crippen molar-refractivity contribution in [1.82, 2.24) is 9.21 Å². The fourth-order valence-electron chi connectivity index (χ4n) is 2.43. The SMILES string of the molecule is CCN(CC)S(=O)(=O)CC(=O)N1CCCC[C@H]1C(=O)O. The third-order valence-electron chi connectivity index (χ3n) is 3.51. The fraction of sp³-hybridized carbons (Fsp3) is 0.833. The summed E-state index contributed by atoms with van der Waals surface area (Å²) in [7, 11) is -3.67. The first-order valence-corrected chi connectivity index (χ1v) is 8.44. The topological polar surface area (TPSA) is 95.0 Å². The third-order valence-corrected chi connectivity index (χ3v) is 5.43. The number of hydrogen-bond donors (Lipinski definition) is 1. The van der Waals surface area contributed by atoms with Crippen LogP contribution in [-0.4, -0.2) is 66.0 Å². The second-order valence-corrected chi connectivity index (χ2v) is 6.75. The number of sulfonamides is 1. The molecule has 1 amide bonds. The molecule has 8 heteroatoms. The highest BCUT2D eigenvalue weighted by molar-refractivity contribution is 7.89. The lowest BCUT2D eigenvalue weighted by molar-refractivity contribution is -0.151. The molecule has 0 unspecified atom stereocenters. The number of carboxylic acids is 1. The number of rotatable bonds is 6. The van der Waals surface area contributed by atoms with Crippen molar-refractivity contribution in [3.05, 3.63) is 0 Å². The lowest BCUT2D eigenvalue weighted by Gasteiger charge is -2.33. The fourth-order valence-corrected chi connectivity index (χ4v) is 3.88. The number of hydrogen-bond acceptors (Lipinski definition) is 4. The van der Waals surface area contributed by atoms with Crippen molar-refractivity contribution in [3.63, 3.8) is 0 Å². The van der Waals surface area contributed by atoms with Crippen LogP contribution >= 0.6 is 0 Å². The standard InChI is InChI=1S/C12H22N2O5S/c1-3-13(4-2)20(18,19)9-11(15)14-8-6-5-7-10(14)12(16)17/h10H,3-9H2,1-2H3,(H,16,17)/t10-/m0/s1. The van der Waals surface area contributed by atoms with Crippen LogP contribution in [0.1, 0.15) is 33.1 Å². The van der Waals surface area contributed by atoms with Crippen LogP contribution in [0.4, 0.5) is 0 Å². The third kappa shape index (κ3) is 3.92. The van der Waals surface area contributed by atoms with E-state index in [-0.39, 0.29) is 0 Å². The molecular formula is C12H22N2O5S. The van der Waals surface area contributed by atoms with Crippen molar-refractivity contribution >= 4 is 21.9 Å². The molecule has 0 spiro atoms. The predicted molar refractivity (Wildman–Crippen MR) is 73.7 cm³/mol. The van der Waals surface area contributed by atoms with Gasteiger partial charge < -0.3 is 10.0 Å². The van der Waals surface area contributed by atoms with Crippen LogP contribution in [0, 0.1) is 0 Å². The summed E-state index contributed by atoms with van der Waals surface area (Å²) in [6, 6.07) is -0.900. The minimum Gasteiger partial charge on any atom is -0.480 e. The highest BCUT2D eigenvalue weighted by Crippen LogP contribution is 2.18. The molecule has 20 heavy (non-hydrogen) atoms. The van der Waals surface area contributed by atoms with E-state index < -0.39 is 33.7 Å². The Morgan fingerprint density at radius 2 is 1.85 bits per heavy atom. The number of carbonyl (C=O) groups excluding carboxylic acids is 1. The first kappa shape index (κ1) is 16.9. The Kier molecular flexibility index (Phi) is 5.94. The molecule has 1 fully saturated rings. The van der Waals surface area contributed by atoms with E-state index in [4.69, 9.17) is 5.11 Å². The summed E-state index contributed by atoms with van der Waals surface area (Å²) in [5.74, 6) is -2.35. The summed E-state index contributed by atoms with van der Waals surface area (Å²) in [5, 5.41) is 9.10. The van der Waals surface area contributed by atoms with E-state index in [9.17, 15) is 18.0 Å². The molecule has 1 aliphatic rings. The van der Waals surface area contributed by atoms with Gasteiger partial charge in [0.1, 0.15) is 11.8 Å². The van der Waals surface area contributed by atoms with E-state index in [2.05, 4.69) is 0 Å². The molecule has 1 atom stereocenters. The van der Waals surface area contributed by atoms with Crippen LogP contribution in [0.25, 0.3) is 0 Å². The Balaban J connectivity index is 2.81. The van der Waals surface area contributed by atoms with E-state index in [0.29, 0.717) is 32.5 Å². The molecule has 1 heterocycles. The van der Waals surface area contributed by atoms with Gasteiger partial charge in [0.25, 0.3) is 0 Å². The van der Waals surface area contributed by atoms with E-state index >= 15 is 0 Å². The van der Waals surface area contributed by atoms with Crippen LogP contribution in [0.15, 0.2) is 0 Å². The highest BCUT2D eigenvalue weighted by atomic mass is 32.2. The summed E-state index contributed by atoms with van der Waals surface area (Å²) in [5.41, 5.74) is 0. The zero-order chi connectivity index (χ0) is 15.3. The van der Waals surface area contributed by atoms with Gasteiger partial charge in [-0.25, -0.2) is 17.5 Å². The van der Waals surface area contributed by atoms with Gasteiger partial charge >= 0.3 is 5.97 Å². The Labute approximate surface area is 119 Å². The molecular weight excluding hydrogens is 284 g/mol. The summed E-state index contributed by atoms with van der Waals surface area (Å²) in [4.78, 5) is 24.4. The zero-order valence-corrected chi connectivity index (χ0v) is 12.7. The monoisotopic (exact) mass is 306 g/mol. The van der Waals surface area contributed by atoms with Crippen LogP contribution < -0.4 is 0 Å². The number of carbonyl (C=O) groups is 2. The number of piperidine rings is 1. The normalized spacial score (nSPS) is 20.1. The molecule has 116 valence electrons. The minimum atomic E-state index is -3.67. The first-order valence-electron chi connectivity index (χ1n) is 6.83. The van der Waals surface area contributed by atoms with Crippen LogP contribution in [0.5, 0.6) is 0 Å². The van der Waals surface area contributed by atoms with Crippen LogP contribution in [-0.2, 0) is 19.6 Å². The second-order valence-electron chi connectivity index (χ2n) is 4.78. The van der Waals surface area contributed by atoms with Crippen LogP contribution in [0.3, 0.4) is 0 Å². The molecule has 0 bridgehead atoms. The Morgan fingerprint density at radius 3 is 2.35 bits per heavy atom. The summed E-state index contributed by atoms with van der Waals surface area (Å²) >= 11 is 0. The van der Waals surface area contributed by atoms with Crippen molar-refractivity contribution in [2.24, 2.45) is 0 Å². The molecule has 1 rings (SSSR count). The Bertz CT molecular complexity index is 458. The number of amides is 1. The molecule has 1 saturated heterocycles. The maximum atomic E-state index is 12.1. The second kappa shape index (κ2) is 7.03. The van der Waals surface area contributed by atoms with Gasteiger partial charge in [0.05, 0.1) is 0 Å². The molecule has 0 saturated carbocycles. The zero-order valence-electron chi connectivity index (χ0n) is 11.9. The molecule has 0 aromatic rings. The number of likely N-dealkylation sites (tertiary alicyclic amines) is 1. The van der Waals surface area contributed by atoms with Crippen LogP contribution in [0.2, 0.25) is 0 Å². The molecule has 0 aromatic heterocycles. The number of carboxylic acid groups (broad SMARTS) is 1. The summed E-state index contributed by atoms with van der Waals surface area (Å²) in [6.45, 7) is 4.31. The quantitative estimate of drug-likeness (QED) is 0.752. The van der Waals surface area contributed by atoms with Gasteiger partial charge in [-0.05, 0) is 19.3 Å². The largest absolute Gasteiger partial charge is 0.480 e. The molecule has 0 radical (unpaired) electrons. The Hall–Kier alpha value is -1.15. The van der Waals surface area contributed by atoms with E-state index in [1.165, 1.54) is 9.21 Å². The molecule has 0 aliphatic carbocycles. The predicted octanol–water partition coefficient (Wildman–Crippen LogP) is 0.124. The molecule has 1 aliphatic heterocycles. The van der Waals surface area contributed by atoms with Gasteiger partial charge in [-0.15, -0.1) is 0 Å². The van der Waals surface area contributed by atoms with Crippen molar-refractivity contribution in [3.8, 4) is 0 Å². The Morgan fingerprint density at radius 1 is 1.25 bits per heavy atom. The van der Waals surface area contributed by atoms with Gasteiger partial charge in [-0.3, -0.25) is 4.79 Å². The van der Waals surface area contributed by atoms with Gasteiger partial charge in [-0.2, -0.15) is 0 Å². The smallest absolute Gasteiger partial charge is 0.326 e. The van der Waals surface area contributed by atoms with Crippen molar-refractivity contribution in [2.45, 2.75) is 39.2 Å². The summed E-state index contributed by atoms with van der Waals surface area (Å²) < 4.78 is 25.3. The van der Waals surface area contributed by atoms with E-state index in [0.717, 1.165) is 6.42 Å². The van der Waals surface area contributed by atoms with Crippen molar-refractivity contribution in [1.29, 1.82) is 0 Å². The molecule has 1 N–H and O–H groups in total. The van der Waals surface area contributed by atoms with E-state index in [1.54, 1.807) is 13.8 Å². The lowest BCUT2D eigenvalue weighted by atomic mass is 10.0. The summed E-state index contributed by atoms with van der Waals surface area (Å²) in [6.07, 6.45) is 1.83. The lowest BCUT2D eigenvalue weighted by Crippen LogP contribution is -2.51. The first-order chi connectivity index (χ1) is 9.33. The maximum absolute atomic E-state index is 12.1. The number of aliphatic carboxylic acids is 1.